The molecule has 6 heteroatoms. The summed E-state index contributed by atoms with van der Waals surface area (Å²) in [6, 6.07) is 7.54. The standard InChI is InChI=1S/C14H20N2O3S/c1-2-5-14(17)15-9-11-20(18,19)16-10-8-12-6-3-4-7-13(12)16/h3-4,6-7H,2,5,8-11H2,1H3,(H,15,17). The van der Waals surface area contributed by atoms with Gasteiger partial charge in [0.05, 0.1) is 11.4 Å². The van der Waals surface area contributed by atoms with Crippen LogP contribution in [0.4, 0.5) is 5.69 Å². The molecule has 0 radical (unpaired) electrons. The lowest BCUT2D eigenvalue weighted by molar-refractivity contribution is -0.120. The van der Waals surface area contributed by atoms with Crippen molar-refractivity contribution in [2.45, 2.75) is 26.2 Å². The minimum absolute atomic E-state index is 0.0587. The summed E-state index contributed by atoms with van der Waals surface area (Å²) in [7, 11) is -3.37. The number of fused-ring (bicyclic) bond motifs is 1. The predicted molar refractivity (Wildman–Crippen MR) is 79.2 cm³/mol. The van der Waals surface area contributed by atoms with Crippen LogP contribution in [-0.4, -0.2) is 33.2 Å². The first-order chi connectivity index (χ1) is 9.54. The summed E-state index contributed by atoms with van der Waals surface area (Å²) in [5.74, 6) is -0.152. The summed E-state index contributed by atoms with van der Waals surface area (Å²) in [4.78, 5) is 11.3. The van der Waals surface area contributed by atoms with Gasteiger partial charge in [0.1, 0.15) is 0 Å². The van der Waals surface area contributed by atoms with Gasteiger partial charge in [0.25, 0.3) is 0 Å². The molecular formula is C14H20N2O3S. The normalized spacial score (nSPS) is 14.2. The molecule has 1 amide bonds. The summed E-state index contributed by atoms with van der Waals surface area (Å²) >= 11 is 0. The number of para-hydroxylation sites is 1. The first-order valence-corrected chi connectivity index (χ1v) is 8.50. The lowest BCUT2D eigenvalue weighted by Crippen LogP contribution is -2.36. The smallest absolute Gasteiger partial charge is 0.236 e. The minimum Gasteiger partial charge on any atom is -0.355 e. The van der Waals surface area contributed by atoms with E-state index in [0.717, 1.165) is 24.1 Å². The number of rotatable bonds is 6. The fourth-order valence-electron chi connectivity index (χ4n) is 2.34. The van der Waals surface area contributed by atoms with Gasteiger partial charge in [-0.3, -0.25) is 9.10 Å². The Morgan fingerprint density at radius 2 is 2.10 bits per heavy atom. The number of anilines is 1. The van der Waals surface area contributed by atoms with E-state index in [1.165, 1.54) is 4.31 Å². The third-order valence-electron chi connectivity index (χ3n) is 3.34. The van der Waals surface area contributed by atoms with Gasteiger partial charge in [-0.1, -0.05) is 25.1 Å². The number of amides is 1. The molecule has 0 fully saturated rings. The van der Waals surface area contributed by atoms with Crippen LogP contribution < -0.4 is 9.62 Å². The fraction of sp³-hybridized carbons (Fsp3) is 0.500. The zero-order valence-electron chi connectivity index (χ0n) is 11.6. The molecule has 1 aromatic carbocycles. The molecule has 20 heavy (non-hydrogen) atoms. The molecule has 0 unspecified atom stereocenters. The third-order valence-corrected chi connectivity index (χ3v) is 5.11. The molecule has 1 aliphatic rings. The summed E-state index contributed by atoms with van der Waals surface area (Å²) < 4.78 is 26.1. The average molecular weight is 296 g/mol. The maximum atomic E-state index is 12.3. The van der Waals surface area contributed by atoms with Crippen LogP contribution in [0.25, 0.3) is 0 Å². The average Bonchev–Trinajstić information content (AvgIpc) is 2.83. The SMILES string of the molecule is CCCC(=O)NCCS(=O)(=O)N1CCc2ccccc21. The summed E-state index contributed by atoms with van der Waals surface area (Å²) in [6.07, 6.45) is 1.95. The number of carbonyl (C=O) groups excluding carboxylic acids is 1. The van der Waals surface area contributed by atoms with Crippen molar-refractivity contribution in [3.05, 3.63) is 29.8 Å². The maximum absolute atomic E-state index is 12.3. The van der Waals surface area contributed by atoms with E-state index in [0.29, 0.717) is 13.0 Å². The van der Waals surface area contributed by atoms with Crippen LogP contribution in [0.15, 0.2) is 24.3 Å². The highest BCUT2D eigenvalue weighted by Crippen LogP contribution is 2.29. The van der Waals surface area contributed by atoms with Gasteiger partial charge in [-0.2, -0.15) is 0 Å². The molecular weight excluding hydrogens is 276 g/mol. The highest BCUT2D eigenvalue weighted by atomic mass is 32.2. The largest absolute Gasteiger partial charge is 0.355 e. The van der Waals surface area contributed by atoms with Crippen molar-refractivity contribution >= 4 is 21.6 Å². The van der Waals surface area contributed by atoms with Gasteiger partial charge in [0, 0.05) is 19.5 Å². The first kappa shape index (κ1) is 14.8. The lowest BCUT2D eigenvalue weighted by Gasteiger charge is -2.19. The molecule has 2 rings (SSSR count). The molecule has 110 valence electrons. The monoisotopic (exact) mass is 296 g/mol. The number of hydrogen-bond acceptors (Lipinski definition) is 3. The van der Waals surface area contributed by atoms with E-state index in [4.69, 9.17) is 0 Å². The van der Waals surface area contributed by atoms with Crippen LogP contribution in [0.5, 0.6) is 0 Å². The van der Waals surface area contributed by atoms with Crippen molar-refractivity contribution in [3.8, 4) is 0 Å². The van der Waals surface area contributed by atoms with E-state index in [1.807, 2.05) is 31.2 Å². The predicted octanol–water partition coefficient (Wildman–Crippen LogP) is 1.30. The second-order valence-corrected chi connectivity index (χ2v) is 6.88. The Morgan fingerprint density at radius 3 is 2.85 bits per heavy atom. The Kier molecular flexibility index (Phi) is 4.65. The Hall–Kier alpha value is -1.56. The highest BCUT2D eigenvalue weighted by molar-refractivity contribution is 7.92. The van der Waals surface area contributed by atoms with Gasteiger partial charge in [-0.05, 0) is 24.5 Å². The van der Waals surface area contributed by atoms with Crippen molar-refractivity contribution in [3.63, 3.8) is 0 Å². The number of sulfonamides is 1. The van der Waals surface area contributed by atoms with Crippen LogP contribution >= 0.6 is 0 Å². The quantitative estimate of drug-likeness (QED) is 0.860. The van der Waals surface area contributed by atoms with Crippen LogP contribution in [-0.2, 0) is 21.2 Å². The van der Waals surface area contributed by atoms with E-state index >= 15 is 0 Å². The van der Waals surface area contributed by atoms with Crippen LogP contribution in [0.2, 0.25) is 0 Å². The van der Waals surface area contributed by atoms with Gasteiger partial charge in [0.15, 0.2) is 0 Å². The number of nitrogens with one attached hydrogen (secondary N) is 1. The molecule has 0 atom stereocenters. The van der Waals surface area contributed by atoms with E-state index in [1.54, 1.807) is 0 Å². The van der Waals surface area contributed by atoms with Crippen LogP contribution in [0.3, 0.4) is 0 Å². The van der Waals surface area contributed by atoms with E-state index in [9.17, 15) is 13.2 Å². The molecule has 0 spiro atoms. The van der Waals surface area contributed by atoms with Crippen molar-refractivity contribution in [2.75, 3.05) is 23.1 Å². The molecule has 0 bridgehead atoms. The Bertz CT molecular complexity index is 584. The van der Waals surface area contributed by atoms with Crippen LogP contribution in [0, 0.1) is 0 Å². The van der Waals surface area contributed by atoms with E-state index in [-0.39, 0.29) is 18.2 Å². The molecule has 1 aromatic rings. The maximum Gasteiger partial charge on any atom is 0.236 e. The highest BCUT2D eigenvalue weighted by Gasteiger charge is 2.28. The van der Waals surface area contributed by atoms with Crippen molar-refractivity contribution in [1.82, 2.24) is 5.32 Å². The van der Waals surface area contributed by atoms with Gasteiger partial charge in [-0.15, -0.1) is 0 Å². The van der Waals surface area contributed by atoms with Gasteiger partial charge in [0.2, 0.25) is 15.9 Å². The number of hydrogen-bond donors (Lipinski definition) is 1. The Morgan fingerprint density at radius 1 is 1.35 bits per heavy atom. The zero-order chi connectivity index (χ0) is 14.6. The molecule has 5 nitrogen and oxygen atoms in total. The second kappa shape index (κ2) is 6.26. The Balaban J connectivity index is 1.97. The molecule has 1 heterocycles. The van der Waals surface area contributed by atoms with Gasteiger partial charge < -0.3 is 5.32 Å². The van der Waals surface area contributed by atoms with Crippen molar-refractivity contribution in [2.24, 2.45) is 0 Å². The minimum atomic E-state index is -3.37. The Labute approximate surface area is 120 Å². The molecule has 1 N–H and O–H groups in total. The molecule has 0 aliphatic carbocycles. The van der Waals surface area contributed by atoms with E-state index < -0.39 is 10.0 Å². The molecule has 1 aliphatic heterocycles. The molecule has 0 saturated heterocycles. The van der Waals surface area contributed by atoms with Gasteiger partial charge >= 0.3 is 0 Å². The van der Waals surface area contributed by atoms with Gasteiger partial charge in [-0.25, -0.2) is 8.42 Å². The molecule has 0 saturated carbocycles. The summed E-state index contributed by atoms with van der Waals surface area (Å²) in [6.45, 7) is 2.57. The van der Waals surface area contributed by atoms with E-state index in [2.05, 4.69) is 5.32 Å². The van der Waals surface area contributed by atoms with Crippen LogP contribution in [0.1, 0.15) is 25.3 Å². The summed E-state index contributed by atoms with van der Waals surface area (Å²) in [5, 5.41) is 2.64. The van der Waals surface area contributed by atoms with Crippen molar-refractivity contribution < 1.29 is 13.2 Å². The van der Waals surface area contributed by atoms with Crippen molar-refractivity contribution in [1.29, 1.82) is 0 Å². The second-order valence-electron chi connectivity index (χ2n) is 4.87. The lowest BCUT2D eigenvalue weighted by atomic mass is 10.2. The first-order valence-electron chi connectivity index (χ1n) is 6.89. The number of nitrogens with zero attached hydrogens (tertiary/aromatic N) is 1. The molecule has 0 aromatic heterocycles. The number of carbonyl (C=O) groups is 1. The summed E-state index contributed by atoms with van der Waals surface area (Å²) in [5.41, 5.74) is 1.83. The third kappa shape index (κ3) is 3.30. The zero-order valence-corrected chi connectivity index (χ0v) is 12.4. The fourth-order valence-corrected chi connectivity index (χ4v) is 3.77. The number of benzene rings is 1. The topological polar surface area (TPSA) is 66.5 Å².